The van der Waals surface area contributed by atoms with Crippen molar-refractivity contribution in [2.45, 2.75) is 0 Å². The Kier molecular flexibility index (Phi) is 3.59. The minimum atomic E-state index is -0.510. The number of benzene rings is 1. The molecule has 1 heterocycles. The van der Waals surface area contributed by atoms with Gasteiger partial charge in [0.25, 0.3) is 0 Å². The average molecular weight is 285 g/mol. The number of esters is 1. The van der Waals surface area contributed by atoms with Crippen molar-refractivity contribution in [3.05, 3.63) is 33.9 Å². The summed E-state index contributed by atoms with van der Waals surface area (Å²) >= 11 is 12.1. The average Bonchev–Trinajstić information content (AvgIpc) is 2.35. The Balaban J connectivity index is 2.79. The van der Waals surface area contributed by atoms with E-state index in [0.717, 1.165) is 5.39 Å². The molecule has 0 aliphatic carbocycles. The van der Waals surface area contributed by atoms with Crippen LogP contribution >= 0.6 is 23.2 Å². The molecule has 0 atom stereocenters. The number of rotatable bonds is 2. The molecule has 0 saturated heterocycles. The molecule has 2 rings (SSSR count). The van der Waals surface area contributed by atoms with Gasteiger partial charge in [-0.05, 0) is 18.2 Å². The maximum Gasteiger partial charge on any atom is 0.356 e. The van der Waals surface area contributed by atoms with Gasteiger partial charge in [0.1, 0.15) is 0 Å². The number of methoxy groups -OCH3 is 1. The molecule has 2 aromatic rings. The van der Waals surface area contributed by atoms with Crippen molar-refractivity contribution < 1.29 is 9.53 Å². The molecule has 94 valence electrons. The van der Waals surface area contributed by atoms with Crippen LogP contribution in [0.5, 0.6) is 0 Å². The highest BCUT2D eigenvalue weighted by Crippen LogP contribution is 2.32. The molecule has 1 aromatic heterocycles. The molecule has 1 N–H and O–H groups in total. The smallest absolute Gasteiger partial charge is 0.356 e. The molecular formula is C12H10Cl2N2O2. The van der Waals surface area contributed by atoms with E-state index in [1.807, 2.05) is 0 Å². The SMILES string of the molecule is CNc1cc(C(=O)OC)nc2cc(Cl)cc(Cl)c12. The number of halogens is 2. The van der Waals surface area contributed by atoms with Crippen molar-refractivity contribution in [1.82, 2.24) is 4.98 Å². The van der Waals surface area contributed by atoms with Crippen LogP contribution in [0.25, 0.3) is 10.9 Å². The summed E-state index contributed by atoms with van der Waals surface area (Å²) in [7, 11) is 3.04. The monoisotopic (exact) mass is 284 g/mol. The van der Waals surface area contributed by atoms with Crippen LogP contribution in [-0.4, -0.2) is 25.1 Å². The lowest BCUT2D eigenvalue weighted by atomic mass is 10.1. The Bertz CT molecular complexity index is 629. The Hall–Kier alpha value is -1.52. The second kappa shape index (κ2) is 5.00. The molecule has 6 heteroatoms. The molecule has 0 spiro atoms. The summed E-state index contributed by atoms with van der Waals surface area (Å²) in [6, 6.07) is 4.87. The molecular weight excluding hydrogens is 275 g/mol. The predicted molar refractivity (Wildman–Crippen MR) is 72.6 cm³/mol. The van der Waals surface area contributed by atoms with Crippen molar-refractivity contribution in [3.63, 3.8) is 0 Å². The van der Waals surface area contributed by atoms with E-state index in [9.17, 15) is 4.79 Å². The molecule has 18 heavy (non-hydrogen) atoms. The Labute approximate surface area is 114 Å². The zero-order valence-electron chi connectivity index (χ0n) is 9.75. The molecule has 0 radical (unpaired) electrons. The van der Waals surface area contributed by atoms with Gasteiger partial charge in [-0.3, -0.25) is 0 Å². The Morgan fingerprint density at radius 1 is 1.33 bits per heavy atom. The molecule has 4 nitrogen and oxygen atoms in total. The van der Waals surface area contributed by atoms with Gasteiger partial charge in [-0.15, -0.1) is 0 Å². The van der Waals surface area contributed by atoms with E-state index in [-0.39, 0.29) is 5.69 Å². The fourth-order valence-corrected chi connectivity index (χ4v) is 2.28. The standard InChI is InChI=1S/C12H10Cl2N2O2/c1-15-8-5-10(12(17)18-2)16-9-4-6(13)3-7(14)11(8)9/h3-5H,1-2H3,(H,15,16). The van der Waals surface area contributed by atoms with Crippen LogP contribution in [0.1, 0.15) is 10.5 Å². The van der Waals surface area contributed by atoms with Gasteiger partial charge in [-0.2, -0.15) is 0 Å². The van der Waals surface area contributed by atoms with Crippen LogP contribution in [0.3, 0.4) is 0 Å². The molecule has 0 unspecified atom stereocenters. The predicted octanol–water partition coefficient (Wildman–Crippen LogP) is 3.37. The number of hydrogen-bond donors (Lipinski definition) is 1. The molecule has 0 amide bonds. The van der Waals surface area contributed by atoms with Gasteiger partial charge in [0, 0.05) is 23.1 Å². The van der Waals surface area contributed by atoms with E-state index in [4.69, 9.17) is 23.2 Å². The third-order valence-corrected chi connectivity index (χ3v) is 3.01. The Morgan fingerprint density at radius 2 is 2.06 bits per heavy atom. The van der Waals surface area contributed by atoms with E-state index < -0.39 is 5.97 Å². The van der Waals surface area contributed by atoms with Gasteiger partial charge in [-0.25, -0.2) is 9.78 Å². The number of hydrogen-bond acceptors (Lipinski definition) is 4. The quantitative estimate of drug-likeness (QED) is 0.859. The first kappa shape index (κ1) is 12.9. The maximum atomic E-state index is 11.5. The summed E-state index contributed by atoms with van der Waals surface area (Å²) in [6.07, 6.45) is 0. The normalized spacial score (nSPS) is 10.4. The lowest BCUT2D eigenvalue weighted by Gasteiger charge is -2.10. The summed E-state index contributed by atoms with van der Waals surface area (Å²) < 4.78 is 4.65. The van der Waals surface area contributed by atoms with Crippen molar-refractivity contribution in [2.24, 2.45) is 0 Å². The second-order valence-corrected chi connectivity index (χ2v) is 4.42. The van der Waals surface area contributed by atoms with E-state index >= 15 is 0 Å². The number of carbonyl (C=O) groups excluding carboxylic acids is 1. The molecule has 0 fully saturated rings. The highest BCUT2D eigenvalue weighted by Gasteiger charge is 2.14. The summed E-state index contributed by atoms with van der Waals surface area (Å²) in [5.74, 6) is -0.510. The van der Waals surface area contributed by atoms with Gasteiger partial charge >= 0.3 is 5.97 Å². The minimum absolute atomic E-state index is 0.202. The fraction of sp³-hybridized carbons (Fsp3) is 0.167. The number of nitrogens with zero attached hydrogens (tertiary/aromatic N) is 1. The first-order valence-electron chi connectivity index (χ1n) is 5.12. The number of fused-ring (bicyclic) bond motifs is 1. The summed E-state index contributed by atoms with van der Waals surface area (Å²) in [5.41, 5.74) is 1.44. The summed E-state index contributed by atoms with van der Waals surface area (Å²) in [5, 5.41) is 4.63. The first-order valence-corrected chi connectivity index (χ1v) is 5.88. The summed E-state index contributed by atoms with van der Waals surface area (Å²) in [6.45, 7) is 0. The second-order valence-electron chi connectivity index (χ2n) is 3.58. The van der Waals surface area contributed by atoms with Crippen molar-refractivity contribution in [1.29, 1.82) is 0 Å². The first-order chi connectivity index (χ1) is 8.56. The number of carbonyl (C=O) groups is 1. The van der Waals surface area contributed by atoms with Crippen LogP contribution < -0.4 is 5.32 Å². The number of ether oxygens (including phenoxy) is 1. The maximum absolute atomic E-state index is 11.5. The Morgan fingerprint density at radius 3 is 2.67 bits per heavy atom. The molecule has 0 bridgehead atoms. The van der Waals surface area contributed by atoms with Crippen molar-refractivity contribution in [2.75, 3.05) is 19.5 Å². The number of pyridine rings is 1. The number of nitrogens with one attached hydrogen (secondary N) is 1. The van der Waals surface area contributed by atoms with E-state index in [0.29, 0.717) is 21.2 Å². The molecule has 1 aromatic carbocycles. The van der Waals surface area contributed by atoms with Crippen molar-refractivity contribution in [3.8, 4) is 0 Å². The highest BCUT2D eigenvalue weighted by molar-refractivity contribution is 6.39. The molecule has 0 aliphatic heterocycles. The van der Waals surface area contributed by atoms with E-state index in [1.54, 1.807) is 25.2 Å². The lowest BCUT2D eigenvalue weighted by molar-refractivity contribution is 0.0594. The fourth-order valence-electron chi connectivity index (χ4n) is 1.69. The van der Waals surface area contributed by atoms with Crippen molar-refractivity contribution >= 4 is 45.8 Å². The molecule has 0 saturated carbocycles. The van der Waals surface area contributed by atoms with Crippen LogP contribution in [0.4, 0.5) is 5.69 Å². The van der Waals surface area contributed by atoms with E-state index in [2.05, 4.69) is 15.0 Å². The third kappa shape index (κ3) is 2.21. The van der Waals surface area contributed by atoms with Gasteiger partial charge < -0.3 is 10.1 Å². The van der Waals surface area contributed by atoms with E-state index in [1.165, 1.54) is 7.11 Å². The number of aromatic nitrogens is 1. The van der Waals surface area contributed by atoms with Crippen LogP contribution in [0, 0.1) is 0 Å². The topological polar surface area (TPSA) is 51.2 Å². The highest BCUT2D eigenvalue weighted by atomic mass is 35.5. The zero-order valence-corrected chi connectivity index (χ0v) is 11.3. The van der Waals surface area contributed by atoms with Gasteiger partial charge in [0.2, 0.25) is 0 Å². The van der Waals surface area contributed by atoms with Gasteiger partial charge in [0.15, 0.2) is 5.69 Å². The number of anilines is 1. The summed E-state index contributed by atoms with van der Waals surface area (Å²) in [4.78, 5) is 15.7. The van der Waals surface area contributed by atoms with Crippen LogP contribution in [0.15, 0.2) is 18.2 Å². The largest absolute Gasteiger partial charge is 0.464 e. The molecule has 0 aliphatic rings. The lowest BCUT2D eigenvalue weighted by Crippen LogP contribution is -2.06. The van der Waals surface area contributed by atoms with Crippen LogP contribution in [-0.2, 0) is 4.74 Å². The van der Waals surface area contributed by atoms with Gasteiger partial charge in [0.05, 0.1) is 17.6 Å². The van der Waals surface area contributed by atoms with Crippen LogP contribution in [0.2, 0.25) is 10.0 Å². The zero-order chi connectivity index (χ0) is 13.3. The van der Waals surface area contributed by atoms with Gasteiger partial charge in [-0.1, -0.05) is 23.2 Å². The minimum Gasteiger partial charge on any atom is -0.464 e. The third-order valence-electron chi connectivity index (χ3n) is 2.49.